The number of thiophene rings is 1. The summed E-state index contributed by atoms with van der Waals surface area (Å²) in [5.74, 6) is -0.746. The van der Waals surface area contributed by atoms with Crippen LogP contribution in [0.1, 0.15) is 29.7 Å². The van der Waals surface area contributed by atoms with E-state index in [-0.39, 0.29) is 12.0 Å². The summed E-state index contributed by atoms with van der Waals surface area (Å²) in [5.41, 5.74) is 0.799. The van der Waals surface area contributed by atoms with E-state index in [1.165, 1.54) is 12.1 Å². The number of aromatic nitrogens is 2. The lowest BCUT2D eigenvalue weighted by molar-refractivity contribution is 0.314. The quantitative estimate of drug-likeness (QED) is 0.719. The van der Waals surface area contributed by atoms with Gasteiger partial charge in [-0.2, -0.15) is 9.97 Å². The van der Waals surface area contributed by atoms with Gasteiger partial charge in [-0.25, -0.2) is 8.78 Å². The molecule has 1 aliphatic rings. The fraction of sp³-hybridized carbons (Fsp3) is 0.333. The average molecular weight is 361 g/mol. The number of rotatable bonds is 5. The molecule has 3 aromatic rings. The molecule has 4 nitrogen and oxygen atoms in total. The topological polar surface area (TPSA) is 47.0 Å². The summed E-state index contributed by atoms with van der Waals surface area (Å²) in [6, 6.07) is 6.63. The molecule has 1 fully saturated rings. The van der Waals surface area contributed by atoms with Crippen molar-refractivity contribution in [3.05, 3.63) is 46.3 Å². The van der Waals surface area contributed by atoms with Gasteiger partial charge in [-0.3, -0.25) is 0 Å². The summed E-state index contributed by atoms with van der Waals surface area (Å²) in [6.07, 6.45) is 0.851. The second-order valence-corrected chi connectivity index (χ2v) is 7.37. The van der Waals surface area contributed by atoms with Crippen LogP contribution in [-0.4, -0.2) is 22.6 Å². The molecule has 0 radical (unpaired) electrons. The van der Waals surface area contributed by atoms with E-state index in [4.69, 9.17) is 4.74 Å². The summed E-state index contributed by atoms with van der Waals surface area (Å²) >= 11 is 1.59. The number of hydrogen-bond donors (Lipinski definition) is 1. The molecule has 0 amide bonds. The molecule has 0 aliphatic heterocycles. The first-order valence-corrected chi connectivity index (χ1v) is 8.99. The van der Waals surface area contributed by atoms with E-state index < -0.39 is 11.6 Å². The monoisotopic (exact) mass is 361 g/mol. The molecule has 0 spiro atoms. The first kappa shape index (κ1) is 16.2. The first-order valence-electron chi connectivity index (χ1n) is 8.17. The molecule has 1 aromatic carbocycles. The number of ether oxygens (including phenoxy) is 1. The summed E-state index contributed by atoms with van der Waals surface area (Å²) in [5, 5.41) is 4.37. The third-order valence-electron chi connectivity index (χ3n) is 4.25. The Balaban J connectivity index is 1.59. The van der Waals surface area contributed by atoms with Crippen molar-refractivity contribution in [3.63, 3.8) is 0 Å². The SMILES string of the molecule is CCOc1nc(N[C@@H]2C[C@H]2c2ccc(F)c(F)c2)c2cc(C)sc2n1. The fourth-order valence-electron chi connectivity index (χ4n) is 2.97. The zero-order valence-corrected chi connectivity index (χ0v) is 14.7. The van der Waals surface area contributed by atoms with Crippen LogP contribution in [0.3, 0.4) is 0 Å². The highest BCUT2D eigenvalue weighted by Crippen LogP contribution is 2.44. The number of aryl methyl sites for hydroxylation is 1. The Kier molecular flexibility index (Phi) is 4.03. The molecule has 0 bridgehead atoms. The van der Waals surface area contributed by atoms with Crippen molar-refractivity contribution < 1.29 is 13.5 Å². The maximum atomic E-state index is 13.4. The zero-order valence-electron chi connectivity index (χ0n) is 13.8. The second kappa shape index (κ2) is 6.22. The Morgan fingerprint density at radius 3 is 2.84 bits per heavy atom. The van der Waals surface area contributed by atoms with Gasteiger partial charge >= 0.3 is 6.01 Å². The van der Waals surface area contributed by atoms with Gasteiger partial charge in [0.2, 0.25) is 0 Å². The normalized spacial score (nSPS) is 19.2. The number of anilines is 1. The average Bonchev–Trinajstić information content (AvgIpc) is 3.22. The third kappa shape index (κ3) is 3.16. The Hall–Kier alpha value is -2.28. The predicted molar refractivity (Wildman–Crippen MR) is 94.4 cm³/mol. The van der Waals surface area contributed by atoms with Gasteiger partial charge in [0.1, 0.15) is 10.6 Å². The molecular formula is C18H17F2N3OS. The number of fused-ring (bicyclic) bond motifs is 1. The van der Waals surface area contributed by atoms with Gasteiger partial charge in [-0.15, -0.1) is 11.3 Å². The fourth-order valence-corrected chi connectivity index (χ4v) is 3.84. The Morgan fingerprint density at radius 2 is 2.08 bits per heavy atom. The van der Waals surface area contributed by atoms with Crippen LogP contribution in [0, 0.1) is 18.6 Å². The first-order chi connectivity index (χ1) is 12.0. The molecule has 2 atom stereocenters. The van der Waals surface area contributed by atoms with Crippen molar-refractivity contribution in [2.75, 3.05) is 11.9 Å². The van der Waals surface area contributed by atoms with E-state index in [0.717, 1.165) is 32.9 Å². The lowest BCUT2D eigenvalue weighted by Crippen LogP contribution is -2.08. The van der Waals surface area contributed by atoms with Gasteiger partial charge < -0.3 is 10.1 Å². The smallest absolute Gasteiger partial charge is 0.319 e. The van der Waals surface area contributed by atoms with Crippen LogP contribution < -0.4 is 10.1 Å². The maximum absolute atomic E-state index is 13.4. The van der Waals surface area contributed by atoms with Crippen molar-refractivity contribution in [1.82, 2.24) is 9.97 Å². The van der Waals surface area contributed by atoms with Crippen LogP contribution in [0.15, 0.2) is 24.3 Å². The van der Waals surface area contributed by atoms with Crippen LogP contribution in [0.4, 0.5) is 14.6 Å². The van der Waals surface area contributed by atoms with Crippen molar-refractivity contribution in [2.45, 2.75) is 32.2 Å². The van der Waals surface area contributed by atoms with Gasteiger partial charge in [0.25, 0.3) is 0 Å². The van der Waals surface area contributed by atoms with Gasteiger partial charge in [0.15, 0.2) is 11.6 Å². The van der Waals surface area contributed by atoms with E-state index in [0.29, 0.717) is 12.6 Å². The number of benzene rings is 1. The molecule has 1 aliphatic carbocycles. The maximum Gasteiger partial charge on any atom is 0.319 e. The predicted octanol–water partition coefficient (Wildman–Crippen LogP) is 4.64. The summed E-state index contributed by atoms with van der Waals surface area (Å²) < 4.78 is 32.0. The molecule has 130 valence electrons. The molecule has 2 aromatic heterocycles. The number of nitrogens with one attached hydrogen (secondary N) is 1. The number of halogens is 2. The molecule has 7 heteroatoms. The van der Waals surface area contributed by atoms with E-state index in [2.05, 4.69) is 15.3 Å². The lowest BCUT2D eigenvalue weighted by Gasteiger charge is -2.09. The Labute approximate surface area is 147 Å². The second-order valence-electron chi connectivity index (χ2n) is 6.13. The zero-order chi connectivity index (χ0) is 17.6. The summed E-state index contributed by atoms with van der Waals surface area (Å²) in [7, 11) is 0. The van der Waals surface area contributed by atoms with Crippen LogP contribution in [-0.2, 0) is 0 Å². The minimum atomic E-state index is -0.818. The molecule has 1 N–H and O–H groups in total. The highest BCUT2D eigenvalue weighted by atomic mass is 32.1. The standard InChI is InChI=1S/C18H17F2N3OS/c1-3-24-18-22-16(12-6-9(2)25-17(12)23-18)21-15-8-11(15)10-4-5-13(19)14(20)7-10/h4-7,11,15H,3,8H2,1-2H3,(H,21,22,23)/t11-,15+/m0/s1. The largest absolute Gasteiger partial charge is 0.464 e. The van der Waals surface area contributed by atoms with Crippen molar-refractivity contribution in [1.29, 1.82) is 0 Å². The van der Waals surface area contributed by atoms with Crippen LogP contribution >= 0.6 is 11.3 Å². The van der Waals surface area contributed by atoms with E-state index in [1.807, 2.05) is 19.9 Å². The van der Waals surface area contributed by atoms with Gasteiger partial charge in [0.05, 0.1) is 12.0 Å². The highest BCUT2D eigenvalue weighted by molar-refractivity contribution is 7.18. The number of hydrogen-bond acceptors (Lipinski definition) is 5. The van der Waals surface area contributed by atoms with E-state index in [9.17, 15) is 8.78 Å². The lowest BCUT2D eigenvalue weighted by atomic mass is 10.1. The number of nitrogens with zero attached hydrogens (tertiary/aromatic N) is 2. The van der Waals surface area contributed by atoms with Crippen molar-refractivity contribution in [2.24, 2.45) is 0 Å². The van der Waals surface area contributed by atoms with Crippen molar-refractivity contribution >= 4 is 27.4 Å². The van der Waals surface area contributed by atoms with Gasteiger partial charge in [-0.05, 0) is 44.0 Å². The van der Waals surface area contributed by atoms with Crippen LogP contribution in [0.25, 0.3) is 10.2 Å². The molecule has 0 unspecified atom stereocenters. The third-order valence-corrected chi connectivity index (χ3v) is 5.20. The Bertz CT molecular complexity index is 943. The summed E-state index contributed by atoms with van der Waals surface area (Å²) in [6.45, 7) is 4.41. The molecule has 4 rings (SSSR count). The van der Waals surface area contributed by atoms with Gasteiger partial charge in [0, 0.05) is 16.8 Å². The minimum Gasteiger partial charge on any atom is -0.464 e. The van der Waals surface area contributed by atoms with Crippen LogP contribution in [0.5, 0.6) is 6.01 Å². The molecule has 1 saturated carbocycles. The molecule has 0 saturated heterocycles. The van der Waals surface area contributed by atoms with E-state index in [1.54, 1.807) is 17.4 Å². The highest BCUT2D eigenvalue weighted by Gasteiger charge is 2.39. The molecular weight excluding hydrogens is 344 g/mol. The Morgan fingerprint density at radius 1 is 1.24 bits per heavy atom. The van der Waals surface area contributed by atoms with Crippen LogP contribution in [0.2, 0.25) is 0 Å². The molecule has 2 heterocycles. The van der Waals surface area contributed by atoms with Gasteiger partial charge in [-0.1, -0.05) is 6.07 Å². The summed E-state index contributed by atoms with van der Waals surface area (Å²) in [4.78, 5) is 10.9. The minimum absolute atomic E-state index is 0.137. The van der Waals surface area contributed by atoms with E-state index >= 15 is 0 Å². The van der Waals surface area contributed by atoms with Crippen molar-refractivity contribution in [3.8, 4) is 6.01 Å². The molecule has 25 heavy (non-hydrogen) atoms.